The van der Waals surface area contributed by atoms with Gasteiger partial charge in [0.1, 0.15) is 0 Å². The van der Waals surface area contributed by atoms with Crippen molar-refractivity contribution in [1.29, 1.82) is 0 Å². The number of rotatable bonds is 2. The molecule has 0 aromatic heterocycles. The number of allylic oxidation sites excluding steroid dienone is 4. The summed E-state index contributed by atoms with van der Waals surface area (Å²) >= 11 is 0. The van der Waals surface area contributed by atoms with Crippen LogP contribution in [-0.2, 0) is 4.74 Å². The monoisotopic (exact) mass is 164 g/mol. The van der Waals surface area contributed by atoms with Gasteiger partial charge in [-0.15, -0.1) is 0 Å². The smallest absolute Gasteiger partial charge is 0.0586 e. The van der Waals surface area contributed by atoms with Gasteiger partial charge in [0.05, 0.1) is 6.10 Å². The molecule has 2 unspecified atom stereocenters. The third kappa shape index (κ3) is 1.46. The average Bonchev–Trinajstić information content (AvgIpc) is 2.47. The summed E-state index contributed by atoms with van der Waals surface area (Å²) in [7, 11) is 0. The molecule has 0 heterocycles. The van der Waals surface area contributed by atoms with Crippen LogP contribution >= 0.6 is 0 Å². The van der Waals surface area contributed by atoms with Crippen molar-refractivity contribution >= 4 is 0 Å². The summed E-state index contributed by atoms with van der Waals surface area (Å²) < 4.78 is 5.63. The molecular formula is C11H16O. The summed E-state index contributed by atoms with van der Waals surface area (Å²) in [5, 5.41) is 0. The molecule has 1 heteroatoms. The van der Waals surface area contributed by atoms with Crippen molar-refractivity contribution in [2.24, 2.45) is 11.8 Å². The second-order valence-electron chi connectivity index (χ2n) is 3.65. The minimum Gasteiger partial charge on any atom is -0.378 e. The van der Waals surface area contributed by atoms with Gasteiger partial charge < -0.3 is 4.74 Å². The molecule has 1 nitrogen and oxygen atoms in total. The molecule has 2 aliphatic carbocycles. The van der Waals surface area contributed by atoms with Crippen LogP contribution in [-0.4, -0.2) is 12.7 Å². The lowest BCUT2D eigenvalue weighted by atomic mass is 9.92. The molecule has 0 spiro atoms. The zero-order chi connectivity index (χ0) is 8.39. The van der Waals surface area contributed by atoms with Crippen LogP contribution in [0.2, 0.25) is 0 Å². The van der Waals surface area contributed by atoms with Crippen LogP contribution in [0, 0.1) is 11.8 Å². The first-order valence-corrected chi connectivity index (χ1v) is 4.86. The molecule has 0 bridgehead atoms. The number of ether oxygens (including phenoxy) is 1. The van der Waals surface area contributed by atoms with Crippen LogP contribution in [0.4, 0.5) is 0 Å². The lowest BCUT2D eigenvalue weighted by Gasteiger charge is -2.12. The predicted molar refractivity (Wildman–Crippen MR) is 49.9 cm³/mol. The molecule has 0 radical (unpaired) electrons. The van der Waals surface area contributed by atoms with Gasteiger partial charge in [0.2, 0.25) is 0 Å². The predicted octanol–water partition coefficient (Wildman–Crippen LogP) is 2.54. The van der Waals surface area contributed by atoms with E-state index < -0.39 is 0 Å². The highest BCUT2D eigenvalue weighted by Gasteiger charge is 2.31. The van der Waals surface area contributed by atoms with Crippen molar-refractivity contribution < 1.29 is 4.74 Å². The fraction of sp³-hybridized carbons (Fsp3) is 0.636. The zero-order valence-corrected chi connectivity index (χ0v) is 7.57. The van der Waals surface area contributed by atoms with Crippen molar-refractivity contribution in [2.75, 3.05) is 6.61 Å². The van der Waals surface area contributed by atoms with Gasteiger partial charge in [-0.1, -0.05) is 24.3 Å². The van der Waals surface area contributed by atoms with Crippen LogP contribution in [0.25, 0.3) is 0 Å². The van der Waals surface area contributed by atoms with Gasteiger partial charge in [-0.05, 0) is 31.6 Å². The van der Waals surface area contributed by atoms with Crippen LogP contribution in [0.3, 0.4) is 0 Å². The quantitative estimate of drug-likeness (QED) is 0.609. The van der Waals surface area contributed by atoms with Gasteiger partial charge in [0.25, 0.3) is 0 Å². The Bertz CT molecular complexity index is 185. The second kappa shape index (κ2) is 3.44. The Morgan fingerprint density at radius 1 is 1.17 bits per heavy atom. The minimum atomic E-state index is 0.511. The Hall–Kier alpha value is -0.560. The summed E-state index contributed by atoms with van der Waals surface area (Å²) in [5.74, 6) is 1.51. The summed E-state index contributed by atoms with van der Waals surface area (Å²) in [6.45, 7) is 2.94. The van der Waals surface area contributed by atoms with E-state index in [-0.39, 0.29) is 0 Å². The van der Waals surface area contributed by atoms with E-state index in [1.54, 1.807) is 0 Å². The highest BCUT2D eigenvalue weighted by Crippen LogP contribution is 2.37. The Labute approximate surface area is 74.1 Å². The van der Waals surface area contributed by atoms with Gasteiger partial charge in [0.15, 0.2) is 0 Å². The molecule has 0 aliphatic heterocycles. The molecule has 0 aromatic carbocycles. The molecule has 66 valence electrons. The van der Waals surface area contributed by atoms with Gasteiger partial charge in [-0.3, -0.25) is 0 Å². The molecule has 0 saturated heterocycles. The van der Waals surface area contributed by atoms with Crippen LogP contribution in [0.1, 0.15) is 19.8 Å². The van der Waals surface area contributed by atoms with Crippen molar-refractivity contribution in [3.63, 3.8) is 0 Å². The first-order valence-electron chi connectivity index (χ1n) is 4.86. The molecule has 2 aliphatic rings. The molecule has 1 saturated carbocycles. The van der Waals surface area contributed by atoms with E-state index in [1.807, 2.05) is 0 Å². The summed E-state index contributed by atoms with van der Waals surface area (Å²) in [4.78, 5) is 0. The lowest BCUT2D eigenvalue weighted by Crippen LogP contribution is -2.07. The van der Waals surface area contributed by atoms with E-state index in [0.717, 1.165) is 18.4 Å². The topological polar surface area (TPSA) is 9.23 Å². The molecular weight excluding hydrogens is 148 g/mol. The minimum absolute atomic E-state index is 0.511. The van der Waals surface area contributed by atoms with E-state index >= 15 is 0 Å². The number of hydrogen-bond acceptors (Lipinski definition) is 1. The fourth-order valence-corrected chi connectivity index (χ4v) is 2.28. The highest BCUT2D eigenvalue weighted by atomic mass is 16.5. The largest absolute Gasteiger partial charge is 0.378 e. The lowest BCUT2D eigenvalue weighted by molar-refractivity contribution is 0.0655. The molecule has 2 rings (SSSR count). The standard InChI is InChI=1S/C11H16O/c1-2-12-11-7-9-5-3-4-6-10(9)8-11/h3-6,9-11H,2,7-8H2,1H3. The molecule has 0 amide bonds. The third-order valence-corrected chi connectivity index (χ3v) is 2.85. The van der Waals surface area contributed by atoms with Crippen LogP contribution in [0.15, 0.2) is 24.3 Å². The molecule has 0 N–H and O–H groups in total. The maximum atomic E-state index is 5.63. The molecule has 2 atom stereocenters. The zero-order valence-electron chi connectivity index (χ0n) is 7.57. The maximum Gasteiger partial charge on any atom is 0.0586 e. The van der Waals surface area contributed by atoms with Crippen LogP contribution in [0.5, 0.6) is 0 Å². The Balaban J connectivity index is 1.96. The molecule has 1 fully saturated rings. The Morgan fingerprint density at radius 2 is 1.75 bits per heavy atom. The maximum absolute atomic E-state index is 5.63. The van der Waals surface area contributed by atoms with E-state index in [1.165, 1.54) is 12.8 Å². The fourth-order valence-electron chi connectivity index (χ4n) is 2.28. The SMILES string of the molecule is CCOC1CC2C=CC=CC2C1. The van der Waals surface area contributed by atoms with Crippen molar-refractivity contribution in [3.05, 3.63) is 24.3 Å². The van der Waals surface area contributed by atoms with Gasteiger partial charge >= 0.3 is 0 Å². The van der Waals surface area contributed by atoms with Gasteiger partial charge in [0, 0.05) is 6.61 Å². The van der Waals surface area contributed by atoms with Crippen molar-refractivity contribution in [3.8, 4) is 0 Å². The highest BCUT2D eigenvalue weighted by molar-refractivity contribution is 5.16. The first kappa shape index (κ1) is 8.06. The average molecular weight is 164 g/mol. The summed E-state index contributed by atoms with van der Waals surface area (Å²) in [6, 6.07) is 0. The molecule has 12 heavy (non-hydrogen) atoms. The number of hydrogen-bond donors (Lipinski definition) is 0. The number of fused-ring (bicyclic) bond motifs is 1. The molecule has 0 aromatic rings. The Kier molecular flexibility index (Phi) is 2.31. The Morgan fingerprint density at radius 3 is 2.25 bits per heavy atom. The summed E-state index contributed by atoms with van der Waals surface area (Å²) in [6.07, 6.45) is 11.9. The first-order chi connectivity index (χ1) is 5.90. The normalized spacial score (nSPS) is 38.6. The third-order valence-electron chi connectivity index (χ3n) is 2.85. The van der Waals surface area contributed by atoms with E-state index in [9.17, 15) is 0 Å². The van der Waals surface area contributed by atoms with E-state index in [0.29, 0.717) is 6.10 Å². The second-order valence-corrected chi connectivity index (χ2v) is 3.65. The van der Waals surface area contributed by atoms with Crippen LogP contribution < -0.4 is 0 Å². The van der Waals surface area contributed by atoms with Gasteiger partial charge in [-0.25, -0.2) is 0 Å². The van der Waals surface area contributed by atoms with Gasteiger partial charge in [-0.2, -0.15) is 0 Å². The summed E-state index contributed by atoms with van der Waals surface area (Å²) in [5.41, 5.74) is 0. The van der Waals surface area contributed by atoms with Crippen molar-refractivity contribution in [2.45, 2.75) is 25.9 Å². The van der Waals surface area contributed by atoms with E-state index in [2.05, 4.69) is 31.2 Å². The van der Waals surface area contributed by atoms with E-state index in [4.69, 9.17) is 4.74 Å². The van der Waals surface area contributed by atoms with Crippen molar-refractivity contribution in [1.82, 2.24) is 0 Å².